The van der Waals surface area contributed by atoms with Gasteiger partial charge >= 0.3 is 5.97 Å². The molecule has 1 N–H and O–H groups in total. The Hall–Kier alpha value is -2.82. The summed E-state index contributed by atoms with van der Waals surface area (Å²) in [5.41, 5.74) is 1.32. The number of amides is 1. The fourth-order valence-corrected chi connectivity index (χ4v) is 1.98. The first-order chi connectivity index (χ1) is 10.7. The molecule has 2 rings (SSSR count). The SMILES string of the molecule is CCOc1ccccc1C(=O)Nc1cccc(C(=O)OC)c1. The summed E-state index contributed by atoms with van der Waals surface area (Å²) in [6, 6.07) is 13.6. The van der Waals surface area contributed by atoms with Crippen molar-refractivity contribution in [3.05, 3.63) is 59.7 Å². The van der Waals surface area contributed by atoms with Gasteiger partial charge in [0, 0.05) is 5.69 Å². The molecule has 0 spiro atoms. The van der Waals surface area contributed by atoms with Crippen molar-refractivity contribution in [3.8, 4) is 5.75 Å². The maximum atomic E-state index is 12.4. The van der Waals surface area contributed by atoms with E-state index < -0.39 is 5.97 Å². The fraction of sp³-hybridized carbons (Fsp3) is 0.176. The minimum atomic E-state index is -0.453. The van der Waals surface area contributed by atoms with Gasteiger partial charge in [-0.25, -0.2) is 4.79 Å². The van der Waals surface area contributed by atoms with Crippen LogP contribution in [0.15, 0.2) is 48.5 Å². The van der Waals surface area contributed by atoms with E-state index in [-0.39, 0.29) is 5.91 Å². The third-order valence-corrected chi connectivity index (χ3v) is 2.97. The second-order valence-electron chi connectivity index (χ2n) is 4.46. The first kappa shape index (κ1) is 15.6. The van der Waals surface area contributed by atoms with Crippen LogP contribution >= 0.6 is 0 Å². The molecule has 0 fully saturated rings. The number of rotatable bonds is 5. The standard InChI is InChI=1S/C17H17NO4/c1-3-22-15-10-5-4-9-14(15)16(19)18-13-8-6-7-12(11-13)17(20)21-2/h4-11H,3H2,1-2H3,(H,18,19). The maximum Gasteiger partial charge on any atom is 0.337 e. The molecular formula is C17H17NO4. The largest absolute Gasteiger partial charge is 0.493 e. The Balaban J connectivity index is 2.21. The minimum absolute atomic E-state index is 0.300. The third kappa shape index (κ3) is 3.63. The summed E-state index contributed by atoms with van der Waals surface area (Å²) in [5.74, 6) is -0.233. The van der Waals surface area contributed by atoms with Crippen molar-refractivity contribution in [1.29, 1.82) is 0 Å². The second kappa shape index (κ2) is 7.26. The third-order valence-electron chi connectivity index (χ3n) is 2.97. The summed E-state index contributed by atoms with van der Waals surface area (Å²) in [4.78, 5) is 23.9. The van der Waals surface area contributed by atoms with Gasteiger partial charge in [-0.05, 0) is 37.3 Å². The van der Waals surface area contributed by atoms with Gasteiger partial charge in [0.25, 0.3) is 5.91 Å². The molecular weight excluding hydrogens is 282 g/mol. The number of nitrogens with one attached hydrogen (secondary N) is 1. The molecule has 114 valence electrons. The van der Waals surface area contributed by atoms with Crippen molar-refractivity contribution in [3.63, 3.8) is 0 Å². The van der Waals surface area contributed by atoms with Gasteiger partial charge in [0.05, 0.1) is 24.8 Å². The Bertz CT molecular complexity index is 682. The van der Waals surface area contributed by atoms with Crippen LogP contribution in [0.1, 0.15) is 27.6 Å². The highest BCUT2D eigenvalue weighted by Gasteiger charge is 2.13. The van der Waals surface area contributed by atoms with Crippen molar-refractivity contribution in [2.45, 2.75) is 6.92 Å². The molecule has 0 atom stereocenters. The van der Waals surface area contributed by atoms with Gasteiger partial charge in [-0.3, -0.25) is 4.79 Å². The van der Waals surface area contributed by atoms with Gasteiger partial charge in [-0.1, -0.05) is 18.2 Å². The molecule has 0 heterocycles. The van der Waals surface area contributed by atoms with Crippen LogP contribution in [0, 0.1) is 0 Å². The van der Waals surface area contributed by atoms with Crippen molar-refractivity contribution in [2.24, 2.45) is 0 Å². The Labute approximate surface area is 128 Å². The van der Waals surface area contributed by atoms with Crippen LogP contribution in [0.4, 0.5) is 5.69 Å². The van der Waals surface area contributed by atoms with E-state index in [9.17, 15) is 9.59 Å². The van der Waals surface area contributed by atoms with Crippen molar-refractivity contribution < 1.29 is 19.1 Å². The molecule has 0 saturated heterocycles. The van der Waals surface area contributed by atoms with E-state index in [1.165, 1.54) is 7.11 Å². The molecule has 5 nitrogen and oxygen atoms in total. The normalized spacial score (nSPS) is 9.91. The molecule has 22 heavy (non-hydrogen) atoms. The molecule has 0 bridgehead atoms. The van der Waals surface area contributed by atoms with Crippen LogP contribution in [0.3, 0.4) is 0 Å². The van der Waals surface area contributed by atoms with Crippen molar-refractivity contribution in [1.82, 2.24) is 0 Å². The number of para-hydroxylation sites is 1. The molecule has 1 amide bonds. The number of carbonyl (C=O) groups is 2. The first-order valence-electron chi connectivity index (χ1n) is 6.87. The molecule has 5 heteroatoms. The van der Waals surface area contributed by atoms with Crippen LogP contribution < -0.4 is 10.1 Å². The molecule has 0 saturated carbocycles. The number of benzene rings is 2. The Kier molecular flexibility index (Phi) is 5.14. The van der Waals surface area contributed by atoms with E-state index in [0.717, 1.165) is 0 Å². The highest BCUT2D eigenvalue weighted by atomic mass is 16.5. The number of carbonyl (C=O) groups excluding carboxylic acids is 2. The zero-order valence-electron chi connectivity index (χ0n) is 12.5. The average molecular weight is 299 g/mol. The average Bonchev–Trinajstić information content (AvgIpc) is 2.55. The molecule has 0 radical (unpaired) electrons. The highest BCUT2D eigenvalue weighted by Crippen LogP contribution is 2.20. The Morgan fingerprint density at radius 1 is 1.09 bits per heavy atom. The molecule has 0 aliphatic carbocycles. The fourth-order valence-electron chi connectivity index (χ4n) is 1.98. The highest BCUT2D eigenvalue weighted by molar-refractivity contribution is 6.06. The monoisotopic (exact) mass is 299 g/mol. The number of ether oxygens (including phenoxy) is 2. The lowest BCUT2D eigenvalue weighted by molar-refractivity contribution is 0.0600. The summed E-state index contributed by atoms with van der Waals surface area (Å²) in [6.45, 7) is 2.33. The smallest absolute Gasteiger partial charge is 0.337 e. The lowest BCUT2D eigenvalue weighted by Gasteiger charge is -2.11. The Morgan fingerprint density at radius 2 is 1.86 bits per heavy atom. The van der Waals surface area contributed by atoms with Gasteiger partial charge in [0.15, 0.2) is 0 Å². The minimum Gasteiger partial charge on any atom is -0.493 e. The van der Waals surface area contributed by atoms with E-state index in [4.69, 9.17) is 4.74 Å². The topological polar surface area (TPSA) is 64.6 Å². The summed E-state index contributed by atoms with van der Waals surface area (Å²) in [5, 5.41) is 2.75. The van der Waals surface area contributed by atoms with Crippen LogP contribution in [-0.4, -0.2) is 25.6 Å². The predicted octanol–water partition coefficient (Wildman–Crippen LogP) is 3.12. The van der Waals surface area contributed by atoms with E-state index in [1.807, 2.05) is 6.92 Å². The predicted molar refractivity (Wildman–Crippen MR) is 83.3 cm³/mol. The quantitative estimate of drug-likeness (QED) is 0.862. The number of esters is 1. The van der Waals surface area contributed by atoms with E-state index in [2.05, 4.69) is 10.1 Å². The molecule has 0 aromatic heterocycles. The molecule has 0 aliphatic heterocycles. The van der Waals surface area contributed by atoms with E-state index in [0.29, 0.717) is 29.2 Å². The number of anilines is 1. The van der Waals surface area contributed by atoms with Crippen LogP contribution in [0.2, 0.25) is 0 Å². The number of methoxy groups -OCH3 is 1. The number of hydrogen-bond donors (Lipinski definition) is 1. The van der Waals surface area contributed by atoms with Crippen LogP contribution in [0.5, 0.6) is 5.75 Å². The van der Waals surface area contributed by atoms with Gasteiger partial charge < -0.3 is 14.8 Å². The van der Waals surface area contributed by atoms with Gasteiger partial charge in [0.1, 0.15) is 5.75 Å². The molecule has 2 aromatic rings. The van der Waals surface area contributed by atoms with Crippen LogP contribution in [-0.2, 0) is 4.74 Å². The van der Waals surface area contributed by atoms with Gasteiger partial charge in [0.2, 0.25) is 0 Å². The zero-order valence-corrected chi connectivity index (χ0v) is 12.5. The van der Waals surface area contributed by atoms with Gasteiger partial charge in [-0.2, -0.15) is 0 Å². The lowest BCUT2D eigenvalue weighted by atomic mass is 10.1. The van der Waals surface area contributed by atoms with Crippen molar-refractivity contribution in [2.75, 3.05) is 19.0 Å². The van der Waals surface area contributed by atoms with Gasteiger partial charge in [-0.15, -0.1) is 0 Å². The summed E-state index contributed by atoms with van der Waals surface area (Å²) >= 11 is 0. The zero-order chi connectivity index (χ0) is 15.9. The number of hydrogen-bond acceptors (Lipinski definition) is 4. The molecule has 0 aliphatic rings. The summed E-state index contributed by atoms with van der Waals surface area (Å²) in [7, 11) is 1.31. The first-order valence-corrected chi connectivity index (χ1v) is 6.87. The summed E-state index contributed by atoms with van der Waals surface area (Å²) in [6.07, 6.45) is 0. The summed E-state index contributed by atoms with van der Waals surface area (Å²) < 4.78 is 10.1. The van der Waals surface area contributed by atoms with E-state index in [1.54, 1.807) is 48.5 Å². The molecule has 2 aromatic carbocycles. The second-order valence-corrected chi connectivity index (χ2v) is 4.46. The molecule has 0 unspecified atom stereocenters. The van der Waals surface area contributed by atoms with E-state index >= 15 is 0 Å². The van der Waals surface area contributed by atoms with Crippen LogP contribution in [0.25, 0.3) is 0 Å². The lowest BCUT2D eigenvalue weighted by Crippen LogP contribution is -2.14. The van der Waals surface area contributed by atoms with Crippen molar-refractivity contribution >= 4 is 17.6 Å². The maximum absolute atomic E-state index is 12.4. The Morgan fingerprint density at radius 3 is 2.59 bits per heavy atom.